The third-order valence-corrected chi connectivity index (χ3v) is 5.84. The van der Waals surface area contributed by atoms with Gasteiger partial charge < -0.3 is 29.3 Å². The number of nitrogens with zero attached hydrogens (tertiary/aromatic N) is 2. The number of rotatable bonds is 5. The second kappa shape index (κ2) is 8.09. The fourth-order valence-corrected chi connectivity index (χ4v) is 4.19. The Bertz CT molecular complexity index is 565. The van der Waals surface area contributed by atoms with Crippen LogP contribution in [-0.2, 0) is 14.2 Å². The van der Waals surface area contributed by atoms with Crippen LogP contribution in [0.2, 0.25) is 0 Å². The average Bonchev–Trinajstić information content (AvgIpc) is 3.04. The molecule has 0 saturated carbocycles. The number of hydrogen-bond donors (Lipinski definition) is 2. The Morgan fingerprint density at radius 1 is 1.32 bits per heavy atom. The number of aliphatic imine (C=N–C) groups is 1. The van der Waals surface area contributed by atoms with Crippen molar-refractivity contribution in [1.29, 1.82) is 0 Å². The maximum absolute atomic E-state index is 10.4. The van der Waals surface area contributed by atoms with Crippen LogP contribution in [0.3, 0.4) is 0 Å². The van der Waals surface area contributed by atoms with Gasteiger partial charge in [-0.3, -0.25) is 4.99 Å². The van der Waals surface area contributed by atoms with Crippen LogP contribution in [0.15, 0.2) is 29.0 Å². The fourth-order valence-electron chi connectivity index (χ4n) is 3.03. The molecule has 3 aliphatic rings. The molecule has 0 aromatic rings. The first-order valence-corrected chi connectivity index (χ1v) is 9.31. The summed E-state index contributed by atoms with van der Waals surface area (Å²) in [6, 6.07) is -0.437. The minimum atomic E-state index is -1.01. The molecule has 2 heterocycles. The first kappa shape index (κ1) is 18.7. The molecule has 7 nitrogen and oxygen atoms in total. The standard InChI is InChI=1S/C17H26N2O5S/c1-19(2)17-18-13-15(21)14(20)12(24-16(13)25-17)9-23-8-10-4-6-11(22-3)7-5-10/h4,6-7,10,12-16,20-21H,5,8-9H2,1-3H3/t10?,12-,13?,14-,15-,16-/m1/s1. The van der Waals surface area contributed by atoms with E-state index >= 15 is 0 Å². The molecule has 0 aromatic heterocycles. The number of methoxy groups -OCH3 is 1. The lowest BCUT2D eigenvalue weighted by Crippen LogP contribution is -2.56. The van der Waals surface area contributed by atoms with E-state index in [2.05, 4.69) is 11.1 Å². The highest BCUT2D eigenvalue weighted by atomic mass is 32.2. The lowest BCUT2D eigenvalue weighted by molar-refractivity contribution is -0.171. The Balaban J connectivity index is 1.48. The molecule has 2 aliphatic heterocycles. The maximum atomic E-state index is 10.4. The first-order valence-electron chi connectivity index (χ1n) is 8.43. The van der Waals surface area contributed by atoms with Gasteiger partial charge in [0.05, 0.1) is 20.3 Å². The van der Waals surface area contributed by atoms with E-state index in [1.54, 1.807) is 7.11 Å². The van der Waals surface area contributed by atoms with E-state index in [9.17, 15) is 10.2 Å². The van der Waals surface area contributed by atoms with Crippen LogP contribution < -0.4 is 0 Å². The van der Waals surface area contributed by atoms with Crippen molar-refractivity contribution in [2.24, 2.45) is 10.9 Å². The molecule has 3 rings (SSSR count). The highest BCUT2D eigenvalue weighted by molar-refractivity contribution is 8.14. The molecule has 0 radical (unpaired) electrons. The topological polar surface area (TPSA) is 83.8 Å². The van der Waals surface area contributed by atoms with E-state index in [-0.39, 0.29) is 18.0 Å². The molecule has 2 unspecified atom stereocenters. The quantitative estimate of drug-likeness (QED) is 0.733. The van der Waals surface area contributed by atoms with Crippen molar-refractivity contribution in [3.63, 3.8) is 0 Å². The second-order valence-corrected chi connectivity index (χ2v) is 7.71. The summed E-state index contributed by atoms with van der Waals surface area (Å²) >= 11 is 1.47. The van der Waals surface area contributed by atoms with Crippen molar-refractivity contribution in [3.8, 4) is 0 Å². The van der Waals surface area contributed by atoms with Gasteiger partial charge in [-0.25, -0.2) is 0 Å². The zero-order valence-electron chi connectivity index (χ0n) is 14.7. The van der Waals surface area contributed by atoms with Crippen molar-refractivity contribution >= 4 is 16.9 Å². The molecule has 1 saturated heterocycles. The summed E-state index contributed by atoms with van der Waals surface area (Å²) in [4.78, 5) is 6.33. The van der Waals surface area contributed by atoms with E-state index < -0.39 is 24.4 Å². The summed E-state index contributed by atoms with van der Waals surface area (Å²) in [6.45, 7) is 0.776. The SMILES string of the molecule is COC1=CCC(COC[C@H]2O[C@@H]3SC(N(C)C)=NC3[C@@H](O)[C@@H]2O)C=C1. The van der Waals surface area contributed by atoms with Gasteiger partial charge in [0, 0.05) is 20.0 Å². The summed E-state index contributed by atoms with van der Waals surface area (Å²) in [5, 5.41) is 21.5. The van der Waals surface area contributed by atoms with Gasteiger partial charge >= 0.3 is 0 Å². The molecule has 0 aromatic carbocycles. The molecule has 1 aliphatic carbocycles. The maximum Gasteiger partial charge on any atom is 0.161 e. The van der Waals surface area contributed by atoms with Crippen molar-refractivity contribution in [2.75, 3.05) is 34.4 Å². The molecule has 2 N–H and O–H groups in total. The number of allylic oxidation sites excluding steroid dienone is 2. The summed E-state index contributed by atoms with van der Waals surface area (Å²) in [6.07, 6.45) is 4.38. The van der Waals surface area contributed by atoms with E-state index in [1.807, 2.05) is 31.1 Å². The van der Waals surface area contributed by atoms with Gasteiger partial charge in [0.15, 0.2) is 5.17 Å². The van der Waals surface area contributed by atoms with Crippen LogP contribution >= 0.6 is 11.8 Å². The molecule has 0 spiro atoms. The molecule has 25 heavy (non-hydrogen) atoms. The molecule has 6 atom stereocenters. The lowest BCUT2D eigenvalue weighted by Gasteiger charge is -2.38. The Kier molecular flexibility index (Phi) is 6.06. The zero-order valence-corrected chi connectivity index (χ0v) is 15.6. The van der Waals surface area contributed by atoms with Gasteiger partial charge in [-0.05, 0) is 18.6 Å². The van der Waals surface area contributed by atoms with E-state index in [1.165, 1.54) is 11.8 Å². The first-order chi connectivity index (χ1) is 12.0. The van der Waals surface area contributed by atoms with Gasteiger partial charge in [-0.1, -0.05) is 17.8 Å². The van der Waals surface area contributed by atoms with Crippen LogP contribution in [0.1, 0.15) is 6.42 Å². The lowest BCUT2D eigenvalue weighted by atomic mass is 9.98. The van der Waals surface area contributed by atoms with Crippen LogP contribution in [0.5, 0.6) is 0 Å². The number of amidine groups is 1. The molecule has 0 bridgehead atoms. The Hall–Kier alpha value is -1.06. The van der Waals surface area contributed by atoms with Crippen LogP contribution in [0.4, 0.5) is 0 Å². The smallest absolute Gasteiger partial charge is 0.161 e. The van der Waals surface area contributed by atoms with E-state index in [0.717, 1.165) is 17.3 Å². The third kappa shape index (κ3) is 4.20. The largest absolute Gasteiger partial charge is 0.497 e. The molecule has 0 amide bonds. The van der Waals surface area contributed by atoms with Gasteiger partial charge in [0.1, 0.15) is 35.5 Å². The minimum absolute atomic E-state index is 0.241. The Labute approximate surface area is 152 Å². The summed E-state index contributed by atoms with van der Waals surface area (Å²) < 4.78 is 16.8. The summed E-state index contributed by atoms with van der Waals surface area (Å²) in [5.74, 6) is 1.15. The van der Waals surface area contributed by atoms with Crippen molar-refractivity contribution in [2.45, 2.75) is 36.2 Å². The Morgan fingerprint density at radius 3 is 2.76 bits per heavy atom. The summed E-state index contributed by atoms with van der Waals surface area (Å²) in [5.41, 5.74) is -0.286. The number of aliphatic hydroxyl groups excluding tert-OH is 2. The summed E-state index contributed by atoms with van der Waals surface area (Å²) in [7, 11) is 5.45. The zero-order chi connectivity index (χ0) is 18.0. The predicted molar refractivity (Wildman–Crippen MR) is 96.3 cm³/mol. The highest BCUT2D eigenvalue weighted by Crippen LogP contribution is 2.37. The van der Waals surface area contributed by atoms with Crippen molar-refractivity contribution < 1.29 is 24.4 Å². The second-order valence-electron chi connectivity index (χ2n) is 6.64. The van der Waals surface area contributed by atoms with Gasteiger partial charge in [-0.15, -0.1) is 0 Å². The highest BCUT2D eigenvalue weighted by Gasteiger charge is 2.48. The van der Waals surface area contributed by atoms with E-state index in [0.29, 0.717) is 6.61 Å². The third-order valence-electron chi connectivity index (χ3n) is 4.54. The molecular weight excluding hydrogens is 344 g/mol. The van der Waals surface area contributed by atoms with E-state index in [4.69, 9.17) is 14.2 Å². The number of fused-ring (bicyclic) bond motifs is 1. The molecule has 8 heteroatoms. The minimum Gasteiger partial charge on any atom is -0.497 e. The van der Waals surface area contributed by atoms with Gasteiger partial charge in [0.25, 0.3) is 0 Å². The van der Waals surface area contributed by atoms with Crippen molar-refractivity contribution in [1.82, 2.24) is 4.90 Å². The van der Waals surface area contributed by atoms with Gasteiger partial charge in [0.2, 0.25) is 0 Å². The number of aliphatic hydroxyl groups is 2. The molecule has 140 valence electrons. The average molecular weight is 370 g/mol. The molecular formula is C17H26N2O5S. The van der Waals surface area contributed by atoms with Gasteiger partial charge in [-0.2, -0.15) is 0 Å². The predicted octanol–water partition coefficient (Wildman–Crippen LogP) is 0.589. The molecule has 1 fully saturated rings. The monoisotopic (exact) mass is 370 g/mol. The van der Waals surface area contributed by atoms with Crippen LogP contribution in [-0.4, -0.2) is 84.5 Å². The van der Waals surface area contributed by atoms with Crippen LogP contribution in [0.25, 0.3) is 0 Å². The normalized spacial score (nSPS) is 37.3. The van der Waals surface area contributed by atoms with Crippen LogP contribution in [0, 0.1) is 5.92 Å². The number of thioether (sulfide) groups is 1. The number of hydrogen-bond acceptors (Lipinski definition) is 8. The fraction of sp³-hybridized carbons (Fsp3) is 0.706. The number of ether oxygens (including phenoxy) is 3. The Morgan fingerprint density at radius 2 is 2.12 bits per heavy atom. The van der Waals surface area contributed by atoms with Crippen molar-refractivity contribution in [3.05, 3.63) is 24.0 Å².